The van der Waals surface area contributed by atoms with E-state index in [0.717, 1.165) is 18.4 Å². The standard InChI is InChI=1S/C13H19BrN2O2S/c1-9-3-6-13(11(14)7-9)19(17,18)16(2)12(8-15)10-4-5-10/h3,6-7,10,12H,4-5,8,15H2,1-2H3. The molecule has 6 heteroatoms. The summed E-state index contributed by atoms with van der Waals surface area (Å²) < 4.78 is 27.3. The van der Waals surface area contributed by atoms with Crippen LogP contribution in [0.4, 0.5) is 0 Å². The molecule has 1 saturated carbocycles. The number of hydrogen-bond acceptors (Lipinski definition) is 3. The minimum Gasteiger partial charge on any atom is -0.329 e. The second kappa shape index (κ2) is 5.52. The van der Waals surface area contributed by atoms with Gasteiger partial charge in [-0.15, -0.1) is 0 Å². The van der Waals surface area contributed by atoms with E-state index in [1.807, 2.05) is 13.0 Å². The minimum atomic E-state index is -3.50. The lowest BCUT2D eigenvalue weighted by Crippen LogP contribution is -2.43. The minimum absolute atomic E-state index is 0.0989. The number of nitrogens with two attached hydrogens (primary N) is 1. The maximum absolute atomic E-state index is 12.6. The maximum atomic E-state index is 12.6. The van der Waals surface area contributed by atoms with Gasteiger partial charge >= 0.3 is 0 Å². The Labute approximate surface area is 123 Å². The van der Waals surface area contributed by atoms with E-state index >= 15 is 0 Å². The Morgan fingerprint density at radius 2 is 2.11 bits per heavy atom. The second-order valence-electron chi connectivity index (χ2n) is 5.10. The van der Waals surface area contributed by atoms with Crippen molar-refractivity contribution in [2.75, 3.05) is 13.6 Å². The van der Waals surface area contributed by atoms with Crippen LogP contribution < -0.4 is 5.73 Å². The molecule has 1 fully saturated rings. The molecule has 0 bridgehead atoms. The van der Waals surface area contributed by atoms with Crippen LogP contribution in [0.2, 0.25) is 0 Å². The lowest BCUT2D eigenvalue weighted by Gasteiger charge is -2.26. The van der Waals surface area contributed by atoms with Crippen LogP contribution in [0.25, 0.3) is 0 Å². The molecule has 0 aliphatic heterocycles. The van der Waals surface area contributed by atoms with Gasteiger partial charge in [0.05, 0.1) is 4.90 Å². The molecule has 1 unspecified atom stereocenters. The van der Waals surface area contributed by atoms with Crippen LogP contribution in [0.15, 0.2) is 27.6 Å². The van der Waals surface area contributed by atoms with E-state index < -0.39 is 10.0 Å². The van der Waals surface area contributed by atoms with Gasteiger partial charge in [0.15, 0.2) is 0 Å². The first-order valence-corrected chi connectivity index (χ1v) is 8.55. The zero-order chi connectivity index (χ0) is 14.2. The summed E-state index contributed by atoms with van der Waals surface area (Å²) in [6.07, 6.45) is 2.13. The van der Waals surface area contributed by atoms with Gasteiger partial charge in [0, 0.05) is 24.1 Å². The maximum Gasteiger partial charge on any atom is 0.244 e. The quantitative estimate of drug-likeness (QED) is 0.887. The normalized spacial score (nSPS) is 17.7. The Bertz CT molecular complexity index is 570. The van der Waals surface area contributed by atoms with E-state index in [2.05, 4.69) is 15.9 Å². The lowest BCUT2D eigenvalue weighted by molar-refractivity contribution is 0.340. The molecule has 0 radical (unpaired) electrons. The average Bonchev–Trinajstić information content (AvgIpc) is 3.13. The number of nitrogens with zero attached hydrogens (tertiary/aromatic N) is 1. The van der Waals surface area contributed by atoms with Gasteiger partial charge in [-0.3, -0.25) is 0 Å². The van der Waals surface area contributed by atoms with E-state index in [1.165, 1.54) is 4.31 Å². The zero-order valence-electron chi connectivity index (χ0n) is 11.1. The number of benzene rings is 1. The van der Waals surface area contributed by atoms with E-state index in [-0.39, 0.29) is 6.04 Å². The predicted octanol–water partition coefficient (Wildman–Crippen LogP) is 2.12. The summed E-state index contributed by atoms with van der Waals surface area (Å²) in [6, 6.07) is 5.17. The van der Waals surface area contributed by atoms with Gasteiger partial charge in [0.2, 0.25) is 10.0 Å². The van der Waals surface area contributed by atoms with Crippen molar-refractivity contribution in [2.24, 2.45) is 11.7 Å². The molecule has 1 aromatic rings. The van der Waals surface area contributed by atoms with Crippen LogP contribution in [-0.4, -0.2) is 32.4 Å². The lowest BCUT2D eigenvalue weighted by atomic mass is 10.2. The highest BCUT2D eigenvalue weighted by molar-refractivity contribution is 9.10. The highest BCUT2D eigenvalue weighted by atomic mass is 79.9. The SMILES string of the molecule is Cc1ccc(S(=O)(=O)N(C)C(CN)C2CC2)c(Br)c1. The molecule has 19 heavy (non-hydrogen) atoms. The molecule has 0 heterocycles. The number of rotatable bonds is 5. The average molecular weight is 347 g/mol. The van der Waals surface area contributed by atoms with E-state index in [1.54, 1.807) is 19.2 Å². The Morgan fingerprint density at radius 1 is 1.47 bits per heavy atom. The van der Waals surface area contributed by atoms with Gasteiger partial charge in [-0.2, -0.15) is 4.31 Å². The molecule has 0 saturated heterocycles. The molecule has 1 aliphatic carbocycles. The number of hydrogen-bond donors (Lipinski definition) is 1. The van der Waals surface area contributed by atoms with Crippen LogP contribution >= 0.6 is 15.9 Å². The highest BCUT2D eigenvalue weighted by Gasteiger charge is 2.38. The fourth-order valence-corrected chi connectivity index (χ4v) is 4.84. The van der Waals surface area contributed by atoms with Crippen molar-refractivity contribution in [3.8, 4) is 0 Å². The third kappa shape index (κ3) is 3.02. The van der Waals surface area contributed by atoms with Gasteiger partial charge in [-0.05, 0) is 59.3 Å². The molecular formula is C13H19BrN2O2S. The molecule has 2 rings (SSSR count). The smallest absolute Gasteiger partial charge is 0.244 e. The van der Waals surface area contributed by atoms with Crippen molar-refractivity contribution in [3.05, 3.63) is 28.2 Å². The highest BCUT2D eigenvalue weighted by Crippen LogP contribution is 2.37. The fourth-order valence-electron chi connectivity index (χ4n) is 2.27. The van der Waals surface area contributed by atoms with E-state index in [9.17, 15) is 8.42 Å². The van der Waals surface area contributed by atoms with Crippen LogP contribution in [0.5, 0.6) is 0 Å². The Morgan fingerprint density at radius 3 is 2.58 bits per heavy atom. The number of aryl methyl sites for hydroxylation is 1. The molecule has 1 aromatic carbocycles. The molecule has 1 atom stereocenters. The third-order valence-corrected chi connectivity index (χ3v) is 6.48. The molecule has 4 nitrogen and oxygen atoms in total. The Balaban J connectivity index is 2.35. The zero-order valence-corrected chi connectivity index (χ0v) is 13.5. The van der Waals surface area contributed by atoms with Crippen molar-refractivity contribution >= 4 is 26.0 Å². The van der Waals surface area contributed by atoms with Crippen LogP contribution in [-0.2, 0) is 10.0 Å². The largest absolute Gasteiger partial charge is 0.329 e. The third-order valence-electron chi connectivity index (χ3n) is 3.62. The summed E-state index contributed by atoms with van der Waals surface area (Å²) >= 11 is 3.34. The van der Waals surface area contributed by atoms with E-state index in [4.69, 9.17) is 5.73 Å². The first kappa shape index (κ1) is 15.0. The first-order chi connectivity index (χ1) is 8.87. The van der Waals surface area contributed by atoms with Gasteiger partial charge < -0.3 is 5.73 Å². The second-order valence-corrected chi connectivity index (χ2v) is 7.92. The Kier molecular flexibility index (Phi) is 4.35. The summed E-state index contributed by atoms with van der Waals surface area (Å²) in [4.78, 5) is 0.305. The summed E-state index contributed by atoms with van der Waals surface area (Å²) in [5.41, 5.74) is 6.75. The molecule has 0 amide bonds. The molecule has 106 valence electrons. The topological polar surface area (TPSA) is 63.4 Å². The van der Waals surface area contributed by atoms with E-state index in [0.29, 0.717) is 21.8 Å². The number of likely N-dealkylation sites (N-methyl/N-ethyl adjacent to an activating group) is 1. The number of sulfonamides is 1. The van der Waals surface area contributed by atoms with Crippen molar-refractivity contribution in [1.29, 1.82) is 0 Å². The predicted molar refractivity (Wildman–Crippen MR) is 79.4 cm³/mol. The molecule has 0 aromatic heterocycles. The first-order valence-electron chi connectivity index (χ1n) is 6.32. The molecule has 1 aliphatic rings. The van der Waals surface area contributed by atoms with Gasteiger partial charge in [0.1, 0.15) is 0 Å². The van der Waals surface area contributed by atoms with Gasteiger partial charge in [0.25, 0.3) is 0 Å². The summed E-state index contributed by atoms with van der Waals surface area (Å²) in [5, 5.41) is 0. The molecular weight excluding hydrogens is 328 g/mol. The number of halogens is 1. The van der Waals surface area contributed by atoms with Crippen molar-refractivity contribution in [3.63, 3.8) is 0 Å². The van der Waals surface area contributed by atoms with Crippen LogP contribution in [0, 0.1) is 12.8 Å². The monoisotopic (exact) mass is 346 g/mol. The van der Waals surface area contributed by atoms with Crippen molar-refractivity contribution in [1.82, 2.24) is 4.31 Å². The van der Waals surface area contributed by atoms with Gasteiger partial charge in [-0.1, -0.05) is 6.07 Å². The fraction of sp³-hybridized carbons (Fsp3) is 0.538. The van der Waals surface area contributed by atoms with Crippen molar-refractivity contribution in [2.45, 2.75) is 30.7 Å². The van der Waals surface area contributed by atoms with Crippen LogP contribution in [0.3, 0.4) is 0 Å². The Hall–Kier alpha value is -0.430. The summed E-state index contributed by atoms with van der Waals surface area (Å²) in [7, 11) is -1.87. The van der Waals surface area contributed by atoms with Crippen molar-refractivity contribution < 1.29 is 8.42 Å². The van der Waals surface area contributed by atoms with Crippen LogP contribution in [0.1, 0.15) is 18.4 Å². The van der Waals surface area contributed by atoms with Gasteiger partial charge in [-0.25, -0.2) is 8.42 Å². The summed E-state index contributed by atoms with van der Waals surface area (Å²) in [5.74, 6) is 0.411. The summed E-state index contributed by atoms with van der Waals surface area (Å²) in [6.45, 7) is 2.29. The molecule has 2 N–H and O–H groups in total. The molecule has 0 spiro atoms.